The Hall–Kier alpha value is -3.22. The van der Waals surface area contributed by atoms with E-state index >= 15 is 0 Å². The molecule has 7 heteroatoms. The van der Waals surface area contributed by atoms with Crippen LogP contribution in [0.2, 0.25) is 0 Å². The molecule has 2 heterocycles. The van der Waals surface area contributed by atoms with E-state index in [2.05, 4.69) is 5.32 Å². The van der Waals surface area contributed by atoms with Gasteiger partial charge in [-0.05, 0) is 35.7 Å². The highest BCUT2D eigenvalue weighted by atomic mass is 16.5. The van der Waals surface area contributed by atoms with Gasteiger partial charge in [-0.1, -0.05) is 24.3 Å². The van der Waals surface area contributed by atoms with E-state index < -0.39 is 0 Å². The number of likely N-dealkylation sites (tertiary alicyclic amines) is 1. The Kier molecular flexibility index (Phi) is 6.30. The van der Waals surface area contributed by atoms with Crippen molar-refractivity contribution in [2.45, 2.75) is 19.4 Å². The van der Waals surface area contributed by atoms with E-state index in [1.807, 2.05) is 52.3 Å². The largest absolute Gasteiger partial charge is 0.493 e. The van der Waals surface area contributed by atoms with Crippen molar-refractivity contribution >= 4 is 17.5 Å². The summed E-state index contributed by atoms with van der Waals surface area (Å²) in [5.74, 6) is 1.20. The number of amides is 2. The zero-order valence-corrected chi connectivity index (χ0v) is 18.1. The molecule has 0 aromatic heterocycles. The van der Waals surface area contributed by atoms with Gasteiger partial charge >= 0.3 is 0 Å². The lowest BCUT2D eigenvalue weighted by atomic mass is 10.1. The van der Waals surface area contributed by atoms with Crippen molar-refractivity contribution in [1.82, 2.24) is 9.80 Å². The van der Waals surface area contributed by atoms with E-state index in [9.17, 15) is 9.59 Å². The van der Waals surface area contributed by atoms with Gasteiger partial charge in [0.25, 0.3) is 0 Å². The number of nitrogens with one attached hydrogen (secondary N) is 1. The topological polar surface area (TPSA) is 71.1 Å². The van der Waals surface area contributed by atoms with Crippen molar-refractivity contribution < 1.29 is 19.1 Å². The van der Waals surface area contributed by atoms with Gasteiger partial charge in [-0.2, -0.15) is 0 Å². The van der Waals surface area contributed by atoms with E-state index in [1.165, 1.54) is 0 Å². The lowest BCUT2D eigenvalue weighted by molar-refractivity contribution is -0.136. The van der Waals surface area contributed by atoms with Gasteiger partial charge < -0.3 is 24.6 Å². The average Bonchev–Trinajstić information content (AvgIpc) is 3.03. The number of hydrogen-bond donors (Lipinski definition) is 1. The summed E-state index contributed by atoms with van der Waals surface area (Å²) >= 11 is 0. The zero-order chi connectivity index (χ0) is 21.8. The maximum atomic E-state index is 13.2. The van der Waals surface area contributed by atoms with E-state index in [4.69, 9.17) is 9.47 Å². The van der Waals surface area contributed by atoms with Crippen LogP contribution in [0.1, 0.15) is 17.5 Å². The lowest BCUT2D eigenvalue weighted by Gasteiger charge is -2.24. The third-order valence-electron chi connectivity index (χ3n) is 6.07. The molecule has 1 saturated heterocycles. The van der Waals surface area contributed by atoms with Crippen molar-refractivity contribution in [2.24, 2.45) is 5.92 Å². The number of fused-ring (bicyclic) bond motifs is 1. The van der Waals surface area contributed by atoms with Crippen molar-refractivity contribution in [2.75, 3.05) is 45.7 Å². The molecule has 2 aliphatic heterocycles. The van der Waals surface area contributed by atoms with E-state index in [1.54, 1.807) is 14.2 Å². The number of ether oxygens (including phenoxy) is 2. The molecule has 0 bridgehead atoms. The van der Waals surface area contributed by atoms with Crippen LogP contribution in [-0.4, -0.2) is 62.0 Å². The fourth-order valence-corrected chi connectivity index (χ4v) is 4.34. The SMILES string of the molecule is COc1ccc(CCN2C[C@@H](C(=O)N3CCNc4ccccc4C3)CC2=O)cc1OC. The van der Waals surface area contributed by atoms with Gasteiger partial charge in [0.15, 0.2) is 11.5 Å². The van der Waals surface area contributed by atoms with E-state index in [0.717, 1.165) is 16.8 Å². The highest BCUT2D eigenvalue weighted by Crippen LogP contribution is 2.29. The minimum absolute atomic E-state index is 0.0483. The van der Waals surface area contributed by atoms with Crippen molar-refractivity contribution in [3.63, 3.8) is 0 Å². The number of carbonyl (C=O) groups is 2. The summed E-state index contributed by atoms with van der Waals surface area (Å²) in [7, 11) is 3.22. The number of carbonyl (C=O) groups excluding carboxylic acids is 2. The number of anilines is 1. The molecule has 2 amide bonds. The molecule has 164 valence electrons. The number of nitrogens with zero attached hydrogens (tertiary/aromatic N) is 2. The van der Waals surface area contributed by atoms with Crippen LogP contribution < -0.4 is 14.8 Å². The van der Waals surface area contributed by atoms with E-state index in [0.29, 0.717) is 50.6 Å². The van der Waals surface area contributed by atoms with Gasteiger partial charge in [0.1, 0.15) is 0 Å². The van der Waals surface area contributed by atoms with Gasteiger partial charge in [-0.15, -0.1) is 0 Å². The predicted molar refractivity (Wildman–Crippen MR) is 118 cm³/mol. The van der Waals surface area contributed by atoms with Crippen LogP contribution in [-0.2, 0) is 22.6 Å². The second kappa shape index (κ2) is 9.29. The Labute approximate surface area is 182 Å². The molecule has 1 atom stereocenters. The number of rotatable bonds is 6. The second-order valence-corrected chi connectivity index (χ2v) is 8.02. The molecule has 1 fully saturated rings. The molecule has 0 spiro atoms. The van der Waals surface area contributed by atoms with Gasteiger partial charge in [-0.3, -0.25) is 9.59 Å². The summed E-state index contributed by atoms with van der Waals surface area (Å²) in [4.78, 5) is 29.4. The second-order valence-electron chi connectivity index (χ2n) is 8.02. The Morgan fingerprint density at radius 2 is 1.94 bits per heavy atom. The third-order valence-corrected chi connectivity index (χ3v) is 6.07. The molecule has 0 radical (unpaired) electrons. The van der Waals surface area contributed by atoms with Gasteiger partial charge in [0.2, 0.25) is 11.8 Å². The van der Waals surface area contributed by atoms with Crippen LogP contribution in [0, 0.1) is 5.92 Å². The standard InChI is InChI=1S/C24H29N3O4/c1-30-21-8-7-17(13-22(21)31-2)9-11-26-16-19(14-23(26)28)24(29)27-12-10-25-20-6-4-3-5-18(20)15-27/h3-8,13,19,25H,9-12,14-16H2,1-2H3/t19-/m0/s1. The van der Waals surface area contributed by atoms with Gasteiger partial charge in [0, 0.05) is 44.8 Å². The molecule has 1 N–H and O–H groups in total. The molecule has 2 aromatic carbocycles. The van der Waals surface area contributed by atoms with Crippen molar-refractivity contribution in [1.29, 1.82) is 0 Å². The Morgan fingerprint density at radius 1 is 1.13 bits per heavy atom. The molecule has 0 saturated carbocycles. The third kappa shape index (κ3) is 4.60. The summed E-state index contributed by atoms with van der Waals surface area (Å²) in [5, 5.41) is 3.38. The first-order valence-electron chi connectivity index (χ1n) is 10.7. The maximum Gasteiger partial charge on any atom is 0.228 e. The quantitative estimate of drug-likeness (QED) is 0.773. The number of benzene rings is 2. The molecular weight excluding hydrogens is 394 g/mol. The van der Waals surface area contributed by atoms with Crippen molar-refractivity contribution in [3.05, 3.63) is 53.6 Å². The van der Waals surface area contributed by atoms with Gasteiger partial charge in [0.05, 0.1) is 20.1 Å². The average molecular weight is 424 g/mol. The molecular formula is C24H29N3O4. The molecule has 4 rings (SSSR count). The molecule has 0 unspecified atom stereocenters. The van der Waals surface area contributed by atoms with Crippen LogP contribution in [0.4, 0.5) is 5.69 Å². The zero-order valence-electron chi connectivity index (χ0n) is 18.1. The maximum absolute atomic E-state index is 13.2. The lowest BCUT2D eigenvalue weighted by Crippen LogP contribution is -2.38. The monoisotopic (exact) mass is 423 g/mol. The number of hydrogen-bond acceptors (Lipinski definition) is 5. The van der Waals surface area contributed by atoms with Crippen LogP contribution in [0.3, 0.4) is 0 Å². The molecule has 7 nitrogen and oxygen atoms in total. The Bertz CT molecular complexity index is 962. The van der Waals surface area contributed by atoms with Gasteiger partial charge in [-0.25, -0.2) is 0 Å². The summed E-state index contributed by atoms with van der Waals surface area (Å²) in [5.41, 5.74) is 3.26. The molecule has 0 aliphatic carbocycles. The molecule has 2 aliphatic rings. The summed E-state index contributed by atoms with van der Waals surface area (Å²) < 4.78 is 10.6. The predicted octanol–water partition coefficient (Wildman–Crippen LogP) is 2.55. The number of para-hydroxylation sites is 1. The fourth-order valence-electron chi connectivity index (χ4n) is 4.34. The first kappa shape index (κ1) is 21.0. The van der Waals surface area contributed by atoms with Crippen LogP contribution >= 0.6 is 0 Å². The number of methoxy groups -OCH3 is 2. The highest BCUT2D eigenvalue weighted by molar-refractivity contribution is 5.89. The fraction of sp³-hybridized carbons (Fsp3) is 0.417. The minimum Gasteiger partial charge on any atom is -0.493 e. The van der Waals surface area contributed by atoms with E-state index in [-0.39, 0.29) is 24.2 Å². The van der Waals surface area contributed by atoms with Crippen LogP contribution in [0.5, 0.6) is 11.5 Å². The first-order valence-corrected chi connectivity index (χ1v) is 10.7. The minimum atomic E-state index is -0.275. The Balaban J connectivity index is 1.36. The first-order chi connectivity index (χ1) is 15.1. The van der Waals surface area contributed by atoms with Crippen LogP contribution in [0.25, 0.3) is 0 Å². The summed E-state index contributed by atoms with van der Waals surface area (Å²) in [6.07, 6.45) is 0.990. The normalized spacial score (nSPS) is 18.3. The smallest absolute Gasteiger partial charge is 0.228 e. The Morgan fingerprint density at radius 3 is 2.74 bits per heavy atom. The molecule has 31 heavy (non-hydrogen) atoms. The van der Waals surface area contributed by atoms with Crippen molar-refractivity contribution in [3.8, 4) is 11.5 Å². The van der Waals surface area contributed by atoms with Crippen LogP contribution in [0.15, 0.2) is 42.5 Å². The highest BCUT2D eigenvalue weighted by Gasteiger charge is 2.36. The summed E-state index contributed by atoms with van der Waals surface area (Å²) in [6, 6.07) is 13.9. The molecule has 2 aromatic rings. The summed E-state index contributed by atoms with van der Waals surface area (Å²) in [6.45, 7) is 3.01.